The Hall–Kier alpha value is -2.72. The summed E-state index contributed by atoms with van der Waals surface area (Å²) in [5, 5.41) is 6.98. The number of likely N-dealkylation sites (N-methyl/N-ethyl adjacent to an activating group) is 1. The fraction of sp³-hybridized carbons (Fsp3) is 0.522. The zero-order chi connectivity index (χ0) is 24.2. The molecule has 0 fully saturated rings. The smallest absolute Gasteiger partial charge is 0.267 e. The molecule has 1 aromatic carbocycles. The maximum atomic E-state index is 13.1. The first-order valence-corrected chi connectivity index (χ1v) is 12.8. The van der Waals surface area contributed by atoms with Crippen molar-refractivity contribution >= 4 is 21.8 Å². The lowest BCUT2D eigenvalue weighted by atomic mass is 9.98. The molecule has 10 heteroatoms. The largest absolute Gasteiger partial charge is 0.349 e. The predicted molar refractivity (Wildman–Crippen MR) is 125 cm³/mol. The van der Waals surface area contributed by atoms with Gasteiger partial charge in [0.25, 0.3) is 10.0 Å². The van der Waals surface area contributed by atoms with Gasteiger partial charge in [-0.25, -0.2) is 13.1 Å². The Morgan fingerprint density at radius 1 is 1.18 bits per heavy atom. The molecule has 0 bridgehead atoms. The Labute approximate surface area is 195 Å². The fourth-order valence-electron chi connectivity index (χ4n) is 4.44. The lowest BCUT2D eigenvalue weighted by Crippen LogP contribution is -2.37. The van der Waals surface area contributed by atoms with Gasteiger partial charge in [-0.15, -0.1) is 0 Å². The van der Waals surface area contributed by atoms with Crippen LogP contribution in [0.5, 0.6) is 0 Å². The van der Waals surface area contributed by atoms with E-state index in [0.29, 0.717) is 5.69 Å². The van der Waals surface area contributed by atoms with Gasteiger partial charge in [-0.3, -0.25) is 19.2 Å². The molecule has 2 amide bonds. The minimum absolute atomic E-state index is 0.00211. The minimum Gasteiger partial charge on any atom is -0.349 e. The van der Waals surface area contributed by atoms with E-state index in [9.17, 15) is 18.0 Å². The molecule has 2 aromatic rings. The van der Waals surface area contributed by atoms with Gasteiger partial charge in [0.1, 0.15) is 4.90 Å². The summed E-state index contributed by atoms with van der Waals surface area (Å²) >= 11 is 0. The first-order chi connectivity index (χ1) is 15.7. The van der Waals surface area contributed by atoms with Crippen LogP contribution in [0.1, 0.15) is 55.1 Å². The molecule has 0 saturated carbocycles. The van der Waals surface area contributed by atoms with E-state index >= 15 is 0 Å². The molecular weight excluding hydrogens is 442 g/mol. The molecule has 0 saturated heterocycles. The third kappa shape index (κ3) is 5.80. The predicted octanol–water partition coefficient (Wildman–Crippen LogP) is 1.61. The second kappa shape index (κ2) is 10.5. The number of rotatable bonds is 10. The molecular formula is C23H33N5O4S. The Balaban J connectivity index is 1.70. The number of nitrogens with one attached hydrogen (secondary N) is 2. The zero-order valence-electron chi connectivity index (χ0n) is 19.7. The average molecular weight is 476 g/mol. The van der Waals surface area contributed by atoms with Gasteiger partial charge in [0.05, 0.1) is 24.5 Å². The number of carbonyl (C=O) groups excluding carboxylic acids is 2. The van der Waals surface area contributed by atoms with Crippen molar-refractivity contribution in [2.75, 3.05) is 19.6 Å². The average Bonchev–Trinajstić information content (AvgIpc) is 3.29. The molecule has 2 N–H and O–H groups in total. The number of nitrogens with zero attached hydrogens (tertiary/aromatic N) is 3. The van der Waals surface area contributed by atoms with E-state index in [1.54, 1.807) is 14.0 Å². The van der Waals surface area contributed by atoms with Crippen LogP contribution in [0.25, 0.3) is 0 Å². The molecule has 0 spiro atoms. The van der Waals surface area contributed by atoms with Gasteiger partial charge in [0, 0.05) is 13.5 Å². The first kappa shape index (κ1) is 24.9. The molecule has 0 aliphatic heterocycles. The van der Waals surface area contributed by atoms with E-state index in [-0.39, 0.29) is 41.9 Å². The van der Waals surface area contributed by atoms with Crippen LogP contribution in [-0.2, 0) is 39.6 Å². The van der Waals surface area contributed by atoms with Gasteiger partial charge < -0.3 is 5.32 Å². The summed E-state index contributed by atoms with van der Waals surface area (Å²) in [4.78, 5) is 26.9. The van der Waals surface area contributed by atoms with Gasteiger partial charge >= 0.3 is 0 Å². The van der Waals surface area contributed by atoms with Gasteiger partial charge in [-0.2, -0.15) is 5.10 Å². The highest BCUT2D eigenvalue weighted by Gasteiger charge is 2.30. The van der Waals surface area contributed by atoms with Crippen LogP contribution in [0.15, 0.2) is 29.2 Å². The SMILES string of the molecule is CCN(CC)CC(=O)NCc1c(S(=O)(=O)NC(=O)CC2CCc3ccccc32)c(C)nn1C. The molecule has 33 heavy (non-hydrogen) atoms. The summed E-state index contributed by atoms with van der Waals surface area (Å²) < 4.78 is 29.9. The Kier molecular flexibility index (Phi) is 7.91. The van der Waals surface area contributed by atoms with Crippen molar-refractivity contribution in [2.45, 2.75) is 57.4 Å². The van der Waals surface area contributed by atoms with Gasteiger partial charge in [-0.05, 0) is 49.9 Å². The summed E-state index contributed by atoms with van der Waals surface area (Å²) in [6.45, 7) is 7.23. The normalized spacial score (nSPS) is 15.5. The maximum absolute atomic E-state index is 13.1. The number of hydrogen-bond donors (Lipinski definition) is 2. The number of sulfonamides is 1. The number of aromatic nitrogens is 2. The van der Waals surface area contributed by atoms with Crippen molar-refractivity contribution in [3.8, 4) is 0 Å². The van der Waals surface area contributed by atoms with E-state index in [1.165, 1.54) is 10.2 Å². The van der Waals surface area contributed by atoms with Gasteiger partial charge in [-0.1, -0.05) is 38.1 Å². The molecule has 1 aliphatic rings. The lowest BCUT2D eigenvalue weighted by Gasteiger charge is -2.17. The van der Waals surface area contributed by atoms with Crippen molar-refractivity contribution in [2.24, 2.45) is 7.05 Å². The molecule has 1 unspecified atom stereocenters. The van der Waals surface area contributed by atoms with E-state index in [1.807, 2.05) is 43.0 Å². The van der Waals surface area contributed by atoms with Gasteiger partial charge in [0.2, 0.25) is 11.8 Å². The number of benzene rings is 1. The Morgan fingerprint density at radius 3 is 2.58 bits per heavy atom. The highest BCUT2D eigenvalue weighted by molar-refractivity contribution is 7.90. The first-order valence-electron chi connectivity index (χ1n) is 11.3. The molecule has 1 atom stereocenters. The van der Waals surface area contributed by atoms with Crippen LogP contribution < -0.4 is 10.0 Å². The fourth-order valence-corrected chi connectivity index (χ4v) is 5.87. The number of fused-ring (bicyclic) bond motifs is 1. The monoisotopic (exact) mass is 475 g/mol. The number of hydrogen-bond acceptors (Lipinski definition) is 6. The number of carbonyl (C=O) groups is 2. The van der Waals surface area contributed by atoms with Crippen LogP contribution >= 0.6 is 0 Å². The zero-order valence-corrected chi connectivity index (χ0v) is 20.5. The van der Waals surface area contributed by atoms with Crippen LogP contribution in [0, 0.1) is 6.92 Å². The number of amides is 2. The summed E-state index contributed by atoms with van der Waals surface area (Å²) in [7, 11) is -2.52. The summed E-state index contributed by atoms with van der Waals surface area (Å²) in [6, 6.07) is 7.95. The van der Waals surface area contributed by atoms with Crippen LogP contribution in [0.4, 0.5) is 0 Å². The molecule has 3 rings (SSSR count). The highest BCUT2D eigenvalue weighted by atomic mass is 32.2. The topological polar surface area (TPSA) is 113 Å². The van der Waals surface area contributed by atoms with E-state index in [2.05, 4.69) is 15.1 Å². The molecule has 180 valence electrons. The highest BCUT2D eigenvalue weighted by Crippen LogP contribution is 2.35. The van der Waals surface area contributed by atoms with Crippen LogP contribution in [-0.4, -0.2) is 54.5 Å². The van der Waals surface area contributed by atoms with Crippen molar-refractivity contribution in [1.29, 1.82) is 0 Å². The van der Waals surface area contributed by atoms with Crippen molar-refractivity contribution in [1.82, 2.24) is 24.7 Å². The molecule has 1 aliphatic carbocycles. The molecule has 9 nitrogen and oxygen atoms in total. The maximum Gasteiger partial charge on any atom is 0.267 e. The van der Waals surface area contributed by atoms with E-state index < -0.39 is 15.9 Å². The Morgan fingerprint density at radius 2 is 1.88 bits per heavy atom. The lowest BCUT2D eigenvalue weighted by molar-refractivity contribution is -0.122. The third-order valence-electron chi connectivity index (χ3n) is 6.20. The van der Waals surface area contributed by atoms with Crippen molar-refractivity contribution < 1.29 is 18.0 Å². The molecule has 1 heterocycles. The van der Waals surface area contributed by atoms with Crippen molar-refractivity contribution in [3.63, 3.8) is 0 Å². The molecule has 1 aromatic heterocycles. The quantitative estimate of drug-likeness (QED) is 0.540. The third-order valence-corrected chi connectivity index (χ3v) is 7.77. The standard InChI is InChI=1S/C23H33N5O4S/c1-5-28(6-2)15-22(30)24-14-20-23(16(3)25-27(20)4)33(31,32)26-21(29)13-18-12-11-17-9-7-8-10-19(17)18/h7-10,18H,5-6,11-15H2,1-4H3,(H,24,30)(H,26,29). The van der Waals surface area contributed by atoms with E-state index in [0.717, 1.165) is 31.5 Å². The van der Waals surface area contributed by atoms with Crippen LogP contribution in [0.3, 0.4) is 0 Å². The second-order valence-electron chi connectivity index (χ2n) is 8.39. The summed E-state index contributed by atoms with van der Waals surface area (Å²) in [5.74, 6) is -0.744. The summed E-state index contributed by atoms with van der Waals surface area (Å²) in [6.07, 6.45) is 1.81. The van der Waals surface area contributed by atoms with Crippen molar-refractivity contribution in [3.05, 3.63) is 46.8 Å². The van der Waals surface area contributed by atoms with Crippen LogP contribution in [0.2, 0.25) is 0 Å². The minimum atomic E-state index is -4.14. The Bertz CT molecular complexity index is 1120. The molecule has 0 radical (unpaired) electrons. The van der Waals surface area contributed by atoms with E-state index in [4.69, 9.17) is 0 Å². The second-order valence-corrected chi connectivity index (χ2v) is 10.0. The summed E-state index contributed by atoms with van der Waals surface area (Å²) in [5.41, 5.74) is 2.92. The number of aryl methyl sites for hydroxylation is 3. The van der Waals surface area contributed by atoms with Gasteiger partial charge in [0.15, 0.2) is 0 Å².